The third kappa shape index (κ3) is 5.34. The molecule has 130 valence electrons. The summed E-state index contributed by atoms with van der Waals surface area (Å²) in [7, 11) is 1.64. The number of amides is 1. The van der Waals surface area contributed by atoms with Crippen LogP contribution in [0.25, 0.3) is 0 Å². The second-order valence-corrected chi connectivity index (χ2v) is 5.61. The quantitative estimate of drug-likeness (QED) is 0.807. The molecule has 3 atom stereocenters. The Morgan fingerprint density at radius 3 is 2.04 bits per heavy atom. The van der Waals surface area contributed by atoms with Crippen molar-refractivity contribution in [3.63, 3.8) is 0 Å². The fourth-order valence-corrected chi connectivity index (χ4v) is 2.49. The topological polar surface area (TPSA) is 64.3 Å². The zero-order chi connectivity index (χ0) is 16.7. The Balaban J connectivity index is 0.00000288. The number of nitrogens with two attached hydrogens (primary N) is 1. The molecule has 0 aliphatic carbocycles. The van der Waals surface area contributed by atoms with Gasteiger partial charge in [-0.15, -0.1) is 12.4 Å². The van der Waals surface area contributed by atoms with Crippen molar-refractivity contribution in [2.24, 2.45) is 11.7 Å². The molecule has 4 nitrogen and oxygen atoms in total. The van der Waals surface area contributed by atoms with Gasteiger partial charge in [0.2, 0.25) is 5.91 Å². The van der Waals surface area contributed by atoms with Gasteiger partial charge in [0.15, 0.2) is 0 Å². The van der Waals surface area contributed by atoms with E-state index in [1.54, 1.807) is 7.11 Å². The standard InChI is InChI=1S/C19H24N2O2.ClH/c1-14(18(20)16-11-7-4-8-12-16)19(22)21-13-17(23-2)15-9-5-3-6-10-15;/h3-12,14,17-18H,13,20H2,1-2H3,(H,21,22);1H. The Morgan fingerprint density at radius 2 is 1.54 bits per heavy atom. The van der Waals surface area contributed by atoms with E-state index >= 15 is 0 Å². The molecule has 1 amide bonds. The maximum Gasteiger partial charge on any atom is 0.224 e. The number of methoxy groups -OCH3 is 1. The maximum absolute atomic E-state index is 12.4. The van der Waals surface area contributed by atoms with Crippen LogP contribution in [0.3, 0.4) is 0 Å². The van der Waals surface area contributed by atoms with Crippen LogP contribution in [0.4, 0.5) is 0 Å². The van der Waals surface area contributed by atoms with Crippen LogP contribution in [0, 0.1) is 5.92 Å². The molecule has 0 bridgehead atoms. The van der Waals surface area contributed by atoms with Crippen molar-refractivity contribution >= 4 is 18.3 Å². The summed E-state index contributed by atoms with van der Waals surface area (Å²) in [5.41, 5.74) is 8.19. The summed E-state index contributed by atoms with van der Waals surface area (Å²) in [6.45, 7) is 2.27. The van der Waals surface area contributed by atoms with E-state index < -0.39 is 0 Å². The highest BCUT2D eigenvalue weighted by Gasteiger charge is 2.23. The number of nitrogens with one attached hydrogen (secondary N) is 1. The minimum atomic E-state index is -0.325. The Bertz CT molecular complexity index is 607. The zero-order valence-electron chi connectivity index (χ0n) is 14.0. The van der Waals surface area contributed by atoms with Crippen LogP contribution in [0.1, 0.15) is 30.2 Å². The molecule has 2 rings (SSSR count). The van der Waals surface area contributed by atoms with Gasteiger partial charge in [-0.1, -0.05) is 67.6 Å². The number of ether oxygens (including phenoxy) is 1. The average molecular weight is 349 g/mol. The van der Waals surface area contributed by atoms with Crippen molar-refractivity contribution in [2.45, 2.75) is 19.1 Å². The van der Waals surface area contributed by atoms with E-state index in [4.69, 9.17) is 10.5 Å². The molecule has 0 radical (unpaired) electrons. The van der Waals surface area contributed by atoms with Gasteiger partial charge in [0.1, 0.15) is 0 Å². The predicted molar refractivity (Wildman–Crippen MR) is 99.0 cm³/mol. The van der Waals surface area contributed by atoms with E-state index in [2.05, 4.69) is 5.32 Å². The number of halogens is 1. The van der Waals surface area contributed by atoms with Gasteiger partial charge in [0.05, 0.1) is 12.0 Å². The van der Waals surface area contributed by atoms with Crippen molar-refractivity contribution in [2.75, 3.05) is 13.7 Å². The first kappa shape index (κ1) is 20.2. The summed E-state index contributed by atoms with van der Waals surface area (Å²) in [4.78, 5) is 12.4. The van der Waals surface area contributed by atoms with Gasteiger partial charge >= 0.3 is 0 Å². The predicted octanol–water partition coefficient (Wildman–Crippen LogP) is 3.25. The van der Waals surface area contributed by atoms with E-state index in [0.717, 1.165) is 11.1 Å². The highest BCUT2D eigenvalue weighted by molar-refractivity contribution is 5.85. The van der Waals surface area contributed by atoms with E-state index in [-0.39, 0.29) is 36.4 Å². The lowest BCUT2D eigenvalue weighted by molar-refractivity contribution is -0.125. The molecule has 2 aromatic rings. The molecule has 0 heterocycles. The summed E-state index contributed by atoms with van der Waals surface area (Å²) < 4.78 is 5.47. The third-order valence-corrected chi connectivity index (χ3v) is 4.05. The first-order valence-corrected chi connectivity index (χ1v) is 7.79. The molecule has 0 fully saturated rings. The first-order chi connectivity index (χ1) is 11.1. The normalized spacial score (nSPS) is 14.1. The second-order valence-electron chi connectivity index (χ2n) is 5.61. The number of carbonyl (C=O) groups excluding carboxylic acids is 1. The minimum absolute atomic E-state index is 0. The zero-order valence-corrected chi connectivity index (χ0v) is 14.8. The van der Waals surface area contributed by atoms with Gasteiger partial charge in [-0.05, 0) is 11.1 Å². The third-order valence-electron chi connectivity index (χ3n) is 4.05. The Labute approximate surface area is 149 Å². The molecule has 2 aromatic carbocycles. The Kier molecular flexibility index (Phi) is 8.47. The number of rotatable bonds is 7. The van der Waals surface area contributed by atoms with Crippen molar-refractivity contribution in [1.29, 1.82) is 0 Å². The number of hydrogen-bond acceptors (Lipinski definition) is 3. The first-order valence-electron chi connectivity index (χ1n) is 7.79. The molecule has 0 aliphatic heterocycles. The van der Waals surface area contributed by atoms with Crippen molar-refractivity contribution < 1.29 is 9.53 Å². The SMILES string of the molecule is COC(CNC(=O)C(C)C(N)c1ccccc1)c1ccccc1.Cl. The fourth-order valence-electron chi connectivity index (χ4n) is 2.49. The summed E-state index contributed by atoms with van der Waals surface area (Å²) in [6, 6.07) is 19.2. The van der Waals surface area contributed by atoms with Crippen LogP contribution in [0.15, 0.2) is 60.7 Å². The van der Waals surface area contributed by atoms with E-state index in [1.165, 1.54) is 0 Å². The van der Waals surface area contributed by atoms with Crippen LogP contribution >= 0.6 is 12.4 Å². The Morgan fingerprint density at radius 1 is 1.04 bits per heavy atom. The molecular weight excluding hydrogens is 324 g/mol. The molecule has 0 saturated carbocycles. The van der Waals surface area contributed by atoms with Gasteiger partial charge in [-0.25, -0.2) is 0 Å². The molecule has 24 heavy (non-hydrogen) atoms. The molecule has 3 unspecified atom stereocenters. The van der Waals surface area contributed by atoms with Gasteiger partial charge < -0.3 is 15.8 Å². The van der Waals surface area contributed by atoms with Crippen molar-refractivity contribution in [1.82, 2.24) is 5.32 Å². The molecule has 0 spiro atoms. The molecule has 3 N–H and O–H groups in total. The van der Waals surface area contributed by atoms with Crippen molar-refractivity contribution in [3.05, 3.63) is 71.8 Å². The molecular formula is C19H25ClN2O2. The van der Waals surface area contributed by atoms with Crippen LogP contribution in [0.2, 0.25) is 0 Å². The highest BCUT2D eigenvalue weighted by atomic mass is 35.5. The number of benzene rings is 2. The summed E-state index contributed by atoms with van der Waals surface area (Å²) in [5, 5.41) is 2.94. The molecule has 0 aliphatic rings. The summed E-state index contributed by atoms with van der Waals surface area (Å²) in [5.74, 6) is -0.384. The van der Waals surface area contributed by atoms with Crippen LogP contribution in [-0.4, -0.2) is 19.6 Å². The molecule has 0 saturated heterocycles. The summed E-state index contributed by atoms with van der Waals surface area (Å²) in [6.07, 6.45) is -0.166. The maximum atomic E-state index is 12.4. The average Bonchev–Trinajstić information content (AvgIpc) is 2.62. The minimum Gasteiger partial charge on any atom is -0.375 e. The lowest BCUT2D eigenvalue weighted by Crippen LogP contribution is -2.37. The van der Waals surface area contributed by atoms with E-state index in [0.29, 0.717) is 6.54 Å². The monoisotopic (exact) mass is 348 g/mol. The van der Waals surface area contributed by atoms with Gasteiger partial charge in [0, 0.05) is 19.7 Å². The van der Waals surface area contributed by atoms with Gasteiger partial charge in [0.25, 0.3) is 0 Å². The van der Waals surface area contributed by atoms with Crippen molar-refractivity contribution in [3.8, 4) is 0 Å². The van der Waals surface area contributed by atoms with Gasteiger partial charge in [-0.2, -0.15) is 0 Å². The lowest BCUT2D eigenvalue weighted by Gasteiger charge is -2.22. The highest BCUT2D eigenvalue weighted by Crippen LogP contribution is 2.20. The van der Waals surface area contributed by atoms with Crippen LogP contribution < -0.4 is 11.1 Å². The smallest absolute Gasteiger partial charge is 0.224 e. The lowest BCUT2D eigenvalue weighted by atomic mass is 9.94. The van der Waals surface area contributed by atoms with Crippen LogP contribution in [0.5, 0.6) is 0 Å². The van der Waals surface area contributed by atoms with E-state index in [9.17, 15) is 4.79 Å². The van der Waals surface area contributed by atoms with Crippen LogP contribution in [-0.2, 0) is 9.53 Å². The molecule has 5 heteroatoms. The number of carbonyl (C=O) groups is 1. The Hall–Kier alpha value is -1.88. The van der Waals surface area contributed by atoms with Gasteiger partial charge in [-0.3, -0.25) is 4.79 Å². The van der Waals surface area contributed by atoms with E-state index in [1.807, 2.05) is 67.6 Å². The fraction of sp³-hybridized carbons (Fsp3) is 0.316. The second kappa shape index (κ2) is 10.1. The number of hydrogen-bond donors (Lipinski definition) is 2. The summed E-state index contributed by atoms with van der Waals surface area (Å²) >= 11 is 0. The largest absolute Gasteiger partial charge is 0.375 e. The molecule has 0 aromatic heterocycles.